The first kappa shape index (κ1) is 13.1. The largest absolute Gasteiger partial charge is 0.305 e. The van der Waals surface area contributed by atoms with Crippen LogP contribution < -0.4 is 5.32 Å². The molecule has 2 N–H and O–H groups in total. The number of rotatable bonds is 3. The molecule has 0 aliphatic carbocycles. The Morgan fingerprint density at radius 3 is 2.67 bits per heavy atom. The molecule has 2 heterocycles. The Balaban J connectivity index is 1.78. The van der Waals surface area contributed by atoms with E-state index >= 15 is 0 Å². The first-order chi connectivity index (χ1) is 10.2. The van der Waals surface area contributed by atoms with E-state index in [1.54, 1.807) is 12.1 Å². The average Bonchev–Trinajstić information content (AvgIpc) is 2.98. The van der Waals surface area contributed by atoms with Gasteiger partial charge in [-0.3, -0.25) is 9.89 Å². The molecule has 5 heteroatoms. The van der Waals surface area contributed by atoms with Crippen LogP contribution in [0.4, 0.5) is 5.82 Å². The van der Waals surface area contributed by atoms with Crippen LogP contribution in [0, 0.1) is 6.92 Å². The summed E-state index contributed by atoms with van der Waals surface area (Å²) in [4.78, 5) is 16.4. The van der Waals surface area contributed by atoms with Crippen molar-refractivity contribution >= 4 is 11.7 Å². The molecule has 0 unspecified atom stereocenters. The molecule has 0 aliphatic heterocycles. The van der Waals surface area contributed by atoms with Gasteiger partial charge in [0.15, 0.2) is 0 Å². The Labute approximate surface area is 122 Å². The topological polar surface area (TPSA) is 70.7 Å². The molecular weight excluding hydrogens is 264 g/mol. The number of benzene rings is 1. The van der Waals surface area contributed by atoms with Gasteiger partial charge in [0, 0.05) is 11.3 Å². The first-order valence-corrected chi connectivity index (χ1v) is 6.58. The van der Waals surface area contributed by atoms with Crippen LogP contribution in [0.1, 0.15) is 16.2 Å². The van der Waals surface area contributed by atoms with Gasteiger partial charge in [-0.2, -0.15) is 5.10 Å². The highest BCUT2D eigenvalue weighted by Gasteiger charge is 2.11. The number of pyridine rings is 1. The number of H-pyrrole nitrogens is 1. The Kier molecular flexibility index (Phi) is 3.47. The second-order valence-corrected chi connectivity index (χ2v) is 4.65. The number of nitrogens with zero attached hydrogens (tertiary/aromatic N) is 2. The van der Waals surface area contributed by atoms with Crippen molar-refractivity contribution < 1.29 is 4.79 Å². The Hall–Kier alpha value is -2.95. The van der Waals surface area contributed by atoms with Gasteiger partial charge in [-0.05, 0) is 25.1 Å². The number of amides is 1. The summed E-state index contributed by atoms with van der Waals surface area (Å²) in [6, 6.07) is 16.9. The standard InChI is InChI=1S/C16H14N4O/c1-11-6-5-9-15(17-11)18-16(21)14-10-13(19-20-14)12-7-3-2-4-8-12/h2-10H,1H3,(H,19,20)(H,17,18,21). The highest BCUT2D eigenvalue weighted by atomic mass is 16.2. The van der Waals surface area contributed by atoms with Crippen molar-refractivity contribution in [2.45, 2.75) is 6.92 Å². The van der Waals surface area contributed by atoms with E-state index in [0.717, 1.165) is 17.0 Å². The second-order valence-electron chi connectivity index (χ2n) is 4.65. The predicted octanol–water partition coefficient (Wildman–Crippen LogP) is 3.03. The number of carbonyl (C=O) groups excluding carboxylic acids is 1. The summed E-state index contributed by atoms with van der Waals surface area (Å²) in [7, 11) is 0. The fourth-order valence-corrected chi connectivity index (χ4v) is 1.99. The number of carbonyl (C=O) groups is 1. The van der Waals surface area contributed by atoms with Gasteiger partial charge >= 0.3 is 0 Å². The van der Waals surface area contributed by atoms with Crippen molar-refractivity contribution in [3.8, 4) is 11.3 Å². The minimum atomic E-state index is -0.261. The number of hydrogen-bond acceptors (Lipinski definition) is 3. The van der Waals surface area contributed by atoms with E-state index in [1.807, 2.05) is 49.4 Å². The summed E-state index contributed by atoms with van der Waals surface area (Å²) in [6.45, 7) is 1.87. The third-order valence-corrected chi connectivity index (χ3v) is 3.02. The number of anilines is 1. The van der Waals surface area contributed by atoms with E-state index in [-0.39, 0.29) is 5.91 Å². The minimum absolute atomic E-state index is 0.261. The maximum Gasteiger partial charge on any atom is 0.274 e. The number of hydrogen-bond donors (Lipinski definition) is 2. The maximum absolute atomic E-state index is 12.1. The van der Waals surface area contributed by atoms with Gasteiger partial charge in [-0.1, -0.05) is 36.4 Å². The van der Waals surface area contributed by atoms with Gasteiger partial charge in [-0.15, -0.1) is 0 Å². The zero-order valence-electron chi connectivity index (χ0n) is 11.5. The van der Waals surface area contributed by atoms with Gasteiger partial charge in [0.2, 0.25) is 0 Å². The Bertz CT molecular complexity index is 765. The van der Waals surface area contributed by atoms with Gasteiger partial charge in [0.25, 0.3) is 5.91 Å². The van der Waals surface area contributed by atoms with Crippen molar-refractivity contribution in [1.82, 2.24) is 15.2 Å². The molecule has 1 aromatic carbocycles. The van der Waals surface area contributed by atoms with E-state index in [2.05, 4.69) is 20.5 Å². The maximum atomic E-state index is 12.1. The molecule has 1 amide bonds. The average molecular weight is 278 g/mol. The van der Waals surface area contributed by atoms with Crippen molar-refractivity contribution in [2.75, 3.05) is 5.32 Å². The van der Waals surface area contributed by atoms with Crippen LogP contribution in [0.15, 0.2) is 54.6 Å². The monoisotopic (exact) mass is 278 g/mol. The molecule has 0 bridgehead atoms. The van der Waals surface area contributed by atoms with E-state index in [9.17, 15) is 4.79 Å². The molecule has 0 saturated heterocycles. The molecule has 0 spiro atoms. The molecular formula is C16H14N4O. The molecule has 0 atom stereocenters. The molecule has 2 aromatic heterocycles. The molecule has 21 heavy (non-hydrogen) atoms. The quantitative estimate of drug-likeness (QED) is 0.773. The first-order valence-electron chi connectivity index (χ1n) is 6.58. The zero-order valence-corrected chi connectivity index (χ0v) is 11.5. The number of aromatic amines is 1. The fraction of sp³-hybridized carbons (Fsp3) is 0.0625. The predicted molar refractivity (Wildman–Crippen MR) is 81.0 cm³/mol. The molecule has 0 radical (unpaired) electrons. The lowest BCUT2D eigenvalue weighted by atomic mass is 10.1. The van der Waals surface area contributed by atoms with Crippen molar-refractivity contribution in [1.29, 1.82) is 0 Å². The Morgan fingerprint density at radius 1 is 1.10 bits per heavy atom. The van der Waals surface area contributed by atoms with Gasteiger partial charge in [0.1, 0.15) is 11.5 Å². The second kappa shape index (κ2) is 5.58. The summed E-state index contributed by atoms with van der Waals surface area (Å²) >= 11 is 0. The van der Waals surface area contributed by atoms with Crippen molar-refractivity contribution in [3.63, 3.8) is 0 Å². The SMILES string of the molecule is Cc1cccc(NC(=O)c2cc(-c3ccccc3)n[nH]2)n1. The smallest absolute Gasteiger partial charge is 0.274 e. The number of nitrogens with one attached hydrogen (secondary N) is 2. The highest BCUT2D eigenvalue weighted by molar-refractivity contribution is 6.02. The molecule has 5 nitrogen and oxygen atoms in total. The summed E-state index contributed by atoms with van der Waals surface area (Å²) in [5.74, 6) is 0.263. The van der Waals surface area contributed by atoms with Crippen LogP contribution in [0.5, 0.6) is 0 Å². The Morgan fingerprint density at radius 2 is 1.90 bits per heavy atom. The molecule has 0 aliphatic rings. The lowest BCUT2D eigenvalue weighted by Crippen LogP contribution is -2.13. The van der Waals surface area contributed by atoms with E-state index in [0.29, 0.717) is 11.5 Å². The number of aryl methyl sites for hydroxylation is 1. The molecule has 3 rings (SSSR count). The van der Waals surface area contributed by atoms with Crippen LogP contribution in [-0.2, 0) is 0 Å². The molecule has 104 valence electrons. The van der Waals surface area contributed by atoms with Crippen LogP contribution >= 0.6 is 0 Å². The highest BCUT2D eigenvalue weighted by Crippen LogP contribution is 2.17. The lowest BCUT2D eigenvalue weighted by Gasteiger charge is -2.02. The molecule has 0 fully saturated rings. The molecule has 0 saturated carbocycles. The number of aromatic nitrogens is 3. The minimum Gasteiger partial charge on any atom is -0.305 e. The normalized spacial score (nSPS) is 10.3. The van der Waals surface area contributed by atoms with Crippen LogP contribution in [0.3, 0.4) is 0 Å². The summed E-state index contributed by atoms with van der Waals surface area (Å²) in [5, 5.41) is 9.65. The third kappa shape index (κ3) is 2.97. The summed E-state index contributed by atoms with van der Waals surface area (Å²) in [6.07, 6.45) is 0. The van der Waals surface area contributed by atoms with Crippen LogP contribution in [-0.4, -0.2) is 21.1 Å². The molecule has 3 aromatic rings. The van der Waals surface area contributed by atoms with Gasteiger partial charge in [0.05, 0.1) is 5.69 Å². The van der Waals surface area contributed by atoms with E-state index in [1.165, 1.54) is 0 Å². The van der Waals surface area contributed by atoms with Crippen molar-refractivity contribution in [3.05, 3.63) is 66.0 Å². The zero-order chi connectivity index (χ0) is 14.7. The van der Waals surface area contributed by atoms with Crippen LogP contribution in [0.2, 0.25) is 0 Å². The lowest BCUT2D eigenvalue weighted by molar-refractivity contribution is 0.102. The third-order valence-electron chi connectivity index (χ3n) is 3.02. The fourth-order valence-electron chi connectivity index (χ4n) is 1.99. The summed E-state index contributed by atoms with van der Waals surface area (Å²) < 4.78 is 0. The van der Waals surface area contributed by atoms with Gasteiger partial charge < -0.3 is 5.32 Å². The van der Waals surface area contributed by atoms with Crippen LogP contribution in [0.25, 0.3) is 11.3 Å². The van der Waals surface area contributed by atoms with E-state index in [4.69, 9.17) is 0 Å². The van der Waals surface area contributed by atoms with Gasteiger partial charge in [-0.25, -0.2) is 4.98 Å². The van der Waals surface area contributed by atoms with E-state index < -0.39 is 0 Å². The van der Waals surface area contributed by atoms with Crippen molar-refractivity contribution in [2.24, 2.45) is 0 Å². The summed E-state index contributed by atoms with van der Waals surface area (Å²) in [5.41, 5.74) is 2.94.